The summed E-state index contributed by atoms with van der Waals surface area (Å²) in [5, 5.41) is 13.5. The van der Waals surface area contributed by atoms with E-state index >= 15 is 0 Å². The first-order valence-electron chi connectivity index (χ1n) is 5.86. The summed E-state index contributed by atoms with van der Waals surface area (Å²) in [7, 11) is 3.07. The van der Waals surface area contributed by atoms with Gasteiger partial charge in [-0.25, -0.2) is 0 Å². The molecule has 0 unspecified atom stereocenters. The van der Waals surface area contributed by atoms with E-state index < -0.39 is 4.92 Å². The summed E-state index contributed by atoms with van der Waals surface area (Å²) in [5.41, 5.74) is 5.46. The fraction of sp³-hybridized carbons (Fsp3) is 0.167. The molecule has 1 heterocycles. The maximum absolute atomic E-state index is 10.7. The van der Waals surface area contributed by atoms with Crippen LogP contribution in [-0.4, -0.2) is 29.0 Å². The minimum absolute atomic E-state index is 0.0396. The first-order valence-corrected chi connectivity index (χ1v) is 5.86. The van der Waals surface area contributed by atoms with E-state index in [0.717, 1.165) is 0 Å². The number of nitrogens with zero attached hydrogens (tertiary/aromatic N) is 3. The van der Waals surface area contributed by atoms with Crippen molar-refractivity contribution in [2.24, 2.45) is 0 Å². The number of benzene rings is 1. The summed E-state index contributed by atoms with van der Waals surface area (Å²) < 4.78 is 10.6. The van der Waals surface area contributed by atoms with Crippen molar-refractivity contribution in [2.45, 2.75) is 0 Å². The predicted molar refractivity (Wildman–Crippen MR) is 75.7 cm³/mol. The molecule has 0 spiro atoms. The Morgan fingerprint density at radius 3 is 2.67 bits per heavy atom. The number of nitrogens with two attached hydrogens (primary N) is 1. The summed E-state index contributed by atoms with van der Waals surface area (Å²) in [6.07, 6.45) is 0. The number of rotatable bonds is 5. The van der Waals surface area contributed by atoms with Crippen molar-refractivity contribution in [2.75, 3.05) is 25.2 Å². The molecular weight excluding hydrogens is 278 g/mol. The van der Waals surface area contributed by atoms with Gasteiger partial charge in [0.15, 0.2) is 11.5 Å². The van der Waals surface area contributed by atoms with Gasteiger partial charge in [-0.15, -0.1) is 0 Å². The smallest absolute Gasteiger partial charge is 0.273 e. The normalized spacial score (nSPS) is 10.0. The van der Waals surface area contributed by atoms with E-state index in [4.69, 9.17) is 15.2 Å². The molecule has 3 N–H and O–H groups in total. The van der Waals surface area contributed by atoms with Crippen LogP contribution in [0.4, 0.5) is 17.5 Å². The van der Waals surface area contributed by atoms with Crippen molar-refractivity contribution < 1.29 is 14.4 Å². The number of nitro groups is 1. The molecule has 21 heavy (non-hydrogen) atoms. The summed E-state index contributed by atoms with van der Waals surface area (Å²) in [4.78, 5) is 18.1. The van der Waals surface area contributed by atoms with Crippen LogP contribution in [0, 0.1) is 10.1 Å². The molecule has 9 heteroatoms. The standard InChI is InChI=1S/C12H13N5O4/c1-14-10-6-11(16-12(13)15-10)21-8-4-3-7(17(18)19)5-9(8)20-2/h3-6H,1-2H3,(H3,13,14,15,16). The molecular formula is C12H13N5O4. The number of ether oxygens (including phenoxy) is 2. The molecule has 0 saturated heterocycles. The van der Waals surface area contributed by atoms with Crippen LogP contribution >= 0.6 is 0 Å². The van der Waals surface area contributed by atoms with Crippen LogP contribution in [0.2, 0.25) is 0 Å². The van der Waals surface area contributed by atoms with Crippen LogP contribution in [0.25, 0.3) is 0 Å². The zero-order valence-electron chi connectivity index (χ0n) is 11.4. The van der Waals surface area contributed by atoms with Crippen LogP contribution in [0.3, 0.4) is 0 Å². The highest BCUT2D eigenvalue weighted by atomic mass is 16.6. The van der Waals surface area contributed by atoms with Crippen LogP contribution < -0.4 is 20.5 Å². The van der Waals surface area contributed by atoms with Gasteiger partial charge in [0.2, 0.25) is 11.8 Å². The van der Waals surface area contributed by atoms with E-state index in [9.17, 15) is 10.1 Å². The lowest BCUT2D eigenvalue weighted by Gasteiger charge is -2.10. The van der Waals surface area contributed by atoms with Crippen molar-refractivity contribution >= 4 is 17.5 Å². The monoisotopic (exact) mass is 291 g/mol. The van der Waals surface area contributed by atoms with Gasteiger partial charge >= 0.3 is 0 Å². The van der Waals surface area contributed by atoms with Crippen LogP contribution in [0.15, 0.2) is 24.3 Å². The Bertz CT molecular complexity index is 677. The van der Waals surface area contributed by atoms with E-state index in [-0.39, 0.29) is 29.0 Å². The Morgan fingerprint density at radius 1 is 1.29 bits per heavy atom. The highest BCUT2D eigenvalue weighted by Crippen LogP contribution is 2.34. The van der Waals surface area contributed by atoms with Crippen LogP contribution in [-0.2, 0) is 0 Å². The highest BCUT2D eigenvalue weighted by Gasteiger charge is 2.14. The second-order valence-corrected chi connectivity index (χ2v) is 3.89. The van der Waals surface area contributed by atoms with Crippen LogP contribution in [0.5, 0.6) is 17.4 Å². The largest absolute Gasteiger partial charge is 0.493 e. The molecule has 1 aromatic heterocycles. The zero-order chi connectivity index (χ0) is 15.4. The molecule has 2 aromatic rings. The first-order chi connectivity index (χ1) is 10.0. The van der Waals surface area contributed by atoms with Crippen molar-refractivity contribution in [1.29, 1.82) is 0 Å². The van der Waals surface area contributed by atoms with Gasteiger partial charge in [-0.2, -0.15) is 9.97 Å². The average molecular weight is 291 g/mol. The third-order valence-electron chi connectivity index (χ3n) is 2.55. The predicted octanol–water partition coefficient (Wildman–Crippen LogP) is 1.81. The number of aromatic nitrogens is 2. The number of nitro benzene ring substituents is 1. The van der Waals surface area contributed by atoms with E-state index in [2.05, 4.69) is 15.3 Å². The number of methoxy groups -OCH3 is 1. The second kappa shape index (κ2) is 5.90. The van der Waals surface area contributed by atoms with Crippen LogP contribution in [0.1, 0.15) is 0 Å². The summed E-state index contributed by atoms with van der Waals surface area (Å²) in [5.74, 6) is 1.21. The second-order valence-electron chi connectivity index (χ2n) is 3.89. The third-order valence-corrected chi connectivity index (χ3v) is 2.55. The van der Waals surface area contributed by atoms with Gasteiger partial charge in [-0.05, 0) is 6.07 Å². The van der Waals surface area contributed by atoms with E-state index in [1.54, 1.807) is 7.05 Å². The maximum atomic E-state index is 10.7. The van der Waals surface area contributed by atoms with Gasteiger partial charge in [0.05, 0.1) is 18.1 Å². The minimum atomic E-state index is -0.520. The van der Waals surface area contributed by atoms with Gasteiger partial charge in [0.25, 0.3) is 5.69 Å². The molecule has 1 aromatic carbocycles. The lowest BCUT2D eigenvalue weighted by molar-refractivity contribution is -0.384. The topological polar surface area (TPSA) is 125 Å². The Kier molecular flexibility index (Phi) is 4.02. The molecule has 0 aliphatic carbocycles. The number of non-ortho nitro benzene ring substituents is 1. The van der Waals surface area contributed by atoms with Gasteiger partial charge in [0, 0.05) is 19.2 Å². The molecule has 0 amide bonds. The molecule has 9 nitrogen and oxygen atoms in total. The molecule has 2 rings (SSSR count). The number of anilines is 2. The SMILES string of the molecule is CNc1cc(Oc2ccc([N+](=O)[O-])cc2OC)nc(N)n1. The fourth-order valence-electron chi connectivity index (χ4n) is 1.59. The van der Waals surface area contributed by atoms with E-state index in [0.29, 0.717) is 5.82 Å². The van der Waals surface area contributed by atoms with Crippen molar-refractivity contribution in [3.63, 3.8) is 0 Å². The van der Waals surface area contributed by atoms with Gasteiger partial charge in [-0.1, -0.05) is 0 Å². The lowest BCUT2D eigenvalue weighted by atomic mass is 10.3. The minimum Gasteiger partial charge on any atom is -0.493 e. The molecule has 0 radical (unpaired) electrons. The number of nitrogens with one attached hydrogen (secondary N) is 1. The molecule has 0 fully saturated rings. The average Bonchev–Trinajstić information content (AvgIpc) is 2.46. The number of hydrogen-bond acceptors (Lipinski definition) is 8. The van der Waals surface area contributed by atoms with Crippen molar-refractivity contribution in [3.05, 3.63) is 34.4 Å². The Morgan fingerprint density at radius 2 is 2.05 bits per heavy atom. The number of nitrogen functional groups attached to an aromatic ring is 1. The van der Waals surface area contributed by atoms with E-state index in [1.165, 1.54) is 31.4 Å². The molecule has 110 valence electrons. The summed E-state index contributed by atoms with van der Waals surface area (Å²) in [6.45, 7) is 0. The Hall–Kier alpha value is -3.10. The summed E-state index contributed by atoms with van der Waals surface area (Å²) in [6, 6.07) is 5.53. The van der Waals surface area contributed by atoms with Crippen molar-refractivity contribution in [1.82, 2.24) is 9.97 Å². The van der Waals surface area contributed by atoms with Gasteiger partial charge in [-0.3, -0.25) is 10.1 Å². The van der Waals surface area contributed by atoms with E-state index in [1.807, 2.05) is 0 Å². The number of hydrogen-bond donors (Lipinski definition) is 2. The summed E-state index contributed by atoms with van der Waals surface area (Å²) >= 11 is 0. The quantitative estimate of drug-likeness (QED) is 0.631. The molecule has 0 saturated carbocycles. The van der Waals surface area contributed by atoms with Crippen molar-refractivity contribution in [3.8, 4) is 17.4 Å². The Balaban J connectivity index is 2.35. The highest BCUT2D eigenvalue weighted by molar-refractivity contribution is 5.51. The van der Waals surface area contributed by atoms with Gasteiger partial charge in [0.1, 0.15) is 5.82 Å². The third kappa shape index (κ3) is 3.26. The molecule has 0 bridgehead atoms. The fourth-order valence-corrected chi connectivity index (χ4v) is 1.59. The maximum Gasteiger partial charge on any atom is 0.273 e. The molecule has 0 atom stereocenters. The Labute approximate surface area is 119 Å². The van der Waals surface area contributed by atoms with Gasteiger partial charge < -0.3 is 20.5 Å². The molecule has 0 aliphatic rings. The first kappa shape index (κ1) is 14.3. The molecule has 0 aliphatic heterocycles. The lowest BCUT2D eigenvalue weighted by Crippen LogP contribution is -2.02. The zero-order valence-corrected chi connectivity index (χ0v) is 11.4.